The molecule has 4 aliphatic heterocycles. The van der Waals surface area contributed by atoms with Crippen LogP contribution in [-0.2, 0) is 40.5 Å². The summed E-state index contributed by atoms with van der Waals surface area (Å²) in [6.07, 6.45) is 3.82. The number of rotatable bonds is 11. The molecule has 0 saturated carbocycles. The van der Waals surface area contributed by atoms with Crippen LogP contribution in [0, 0.1) is 0 Å². The molecule has 0 aliphatic carbocycles. The Labute approximate surface area is 389 Å². The Morgan fingerprint density at radius 2 is 1.03 bits per heavy atom. The summed E-state index contributed by atoms with van der Waals surface area (Å²) in [6.45, 7) is 6.00. The average molecular weight is 1030 g/mol. The first-order valence-electron chi connectivity index (χ1n) is 21.5. The molecule has 0 bridgehead atoms. The van der Waals surface area contributed by atoms with Crippen LogP contribution >= 0.6 is 31.9 Å². The van der Waals surface area contributed by atoms with E-state index in [1.54, 1.807) is 9.80 Å². The molecule has 4 aliphatic rings. The van der Waals surface area contributed by atoms with Crippen molar-refractivity contribution in [1.29, 1.82) is 0 Å². The maximum absolute atomic E-state index is 13.2. The van der Waals surface area contributed by atoms with Crippen molar-refractivity contribution in [2.45, 2.75) is 82.1 Å². The summed E-state index contributed by atoms with van der Waals surface area (Å²) in [5.41, 5.74) is 2.38. The number of cyclic esters (lactones) is 2. The van der Waals surface area contributed by atoms with Crippen molar-refractivity contribution in [3.8, 4) is 0 Å². The van der Waals surface area contributed by atoms with Gasteiger partial charge < -0.3 is 24.4 Å². The summed E-state index contributed by atoms with van der Waals surface area (Å²) in [4.78, 5) is 29.4. The molecule has 63 heavy (non-hydrogen) atoms. The van der Waals surface area contributed by atoms with Crippen molar-refractivity contribution >= 4 is 63.9 Å². The van der Waals surface area contributed by atoms with E-state index in [0.29, 0.717) is 69.8 Å². The Balaban J connectivity index is 0.000000184. The van der Waals surface area contributed by atoms with Gasteiger partial charge in [0.1, 0.15) is 21.0 Å². The molecule has 1 N–H and O–H groups in total. The lowest BCUT2D eigenvalue weighted by Crippen LogP contribution is -2.50. The maximum atomic E-state index is 13.2. The van der Waals surface area contributed by atoms with Crippen LogP contribution in [0.1, 0.15) is 93.1 Å². The van der Waals surface area contributed by atoms with Crippen LogP contribution in [0.5, 0.6) is 0 Å². The molecule has 2 amide bonds. The van der Waals surface area contributed by atoms with Gasteiger partial charge in [-0.3, -0.25) is 0 Å². The first-order chi connectivity index (χ1) is 30.1. The van der Waals surface area contributed by atoms with Crippen molar-refractivity contribution in [1.82, 2.24) is 14.1 Å². The topological polar surface area (TPSA) is 151 Å². The Morgan fingerprint density at radius 1 is 0.603 bits per heavy atom. The number of hydrogen-bond acceptors (Lipinski definition) is 9. The lowest BCUT2D eigenvalue weighted by Gasteiger charge is -2.44. The summed E-state index contributed by atoms with van der Waals surface area (Å²) >= 11 is 6.88. The molecule has 8 rings (SSSR count). The third kappa shape index (κ3) is 12.3. The number of aliphatic hydroxyl groups is 1. The van der Waals surface area contributed by atoms with E-state index in [-0.39, 0.29) is 36.6 Å². The molecule has 4 fully saturated rings. The van der Waals surface area contributed by atoms with Gasteiger partial charge in [-0.2, -0.15) is 0 Å². The highest BCUT2D eigenvalue weighted by Crippen LogP contribution is 2.41. The van der Waals surface area contributed by atoms with E-state index in [9.17, 15) is 31.5 Å². The molecule has 0 aromatic heterocycles. The van der Waals surface area contributed by atoms with Crippen LogP contribution in [0.3, 0.4) is 0 Å². The van der Waals surface area contributed by atoms with Crippen LogP contribution in [-0.4, -0.2) is 98.3 Å². The number of carbonyl (C=O) groups excluding carboxylic acids is 2. The molecule has 0 unspecified atom stereocenters. The molecule has 4 atom stereocenters. The minimum absolute atomic E-state index is 0.0234. The van der Waals surface area contributed by atoms with Gasteiger partial charge in [-0.25, -0.2) is 30.7 Å². The second-order valence-corrected chi connectivity index (χ2v) is 22.7. The van der Waals surface area contributed by atoms with E-state index in [2.05, 4.69) is 31.9 Å². The summed E-state index contributed by atoms with van der Waals surface area (Å²) in [6, 6.07) is 35.1. The molecule has 340 valence electrons. The van der Waals surface area contributed by atoms with E-state index in [1.807, 2.05) is 123 Å². The average Bonchev–Trinajstić information content (AvgIpc) is 3.85. The number of ether oxygens (including phenoxy) is 2. The fraction of sp³-hybridized carbons (Fsp3) is 0.447. The fourth-order valence-electron chi connectivity index (χ4n) is 8.59. The third-order valence-corrected chi connectivity index (χ3v) is 17.3. The number of aliphatic hydroxyl groups excluding tert-OH is 1. The maximum Gasteiger partial charge on any atom is 0.411 e. The summed E-state index contributed by atoms with van der Waals surface area (Å²) in [5, 5.41) is 9.50. The van der Waals surface area contributed by atoms with Gasteiger partial charge in [-0.05, 0) is 79.6 Å². The van der Waals surface area contributed by atoms with E-state index in [0.717, 1.165) is 44.0 Å². The molecule has 4 aromatic rings. The monoisotopic (exact) mass is 1030 g/mol. The predicted molar refractivity (Wildman–Crippen MR) is 251 cm³/mol. The number of benzene rings is 4. The summed E-state index contributed by atoms with van der Waals surface area (Å²) < 4.78 is 60.9. The van der Waals surface area contributed by atoms with Crippen molar-refractivity contribution in [3.63, 3.8) is 0 Å². The van der Waals surface area contributed by atoms with Crippen LogP contribution in [0.4, 0.5) is 9.59 Å². The van der Waals surface area contributed by atoms with Crippen molar-refractivity contribution < 1.29 is 41.0 Å². The van der Waals surface area contributed by atoms with Gasteiger partial charge in [-0.1, -0.05) is 117 Å². The number of amides is 2. The van der Waals surface area contributed by atoms with E-state index in [4.69, 9.17) is 9.47 Å². The highest BCUT2D eigenvalue weighted by molar-refractivity contribution is 9.10. The van der Waals surface area contributed by atoms with Crippen molar-refractivity contribution in [2.75, 3.05) is 50.0 Å². The molecule has 12 nitrogen and oxygen atoms in total. The van der Waals surface area contributed by atoms with E-state index in [1.165, 1.54) is 4.31 Å². The molecule has 0 spiro atoms. The Hall–Kier alpha value is -3.80. The third-order valence-electron chi connectivity index (χ3n) is 12.4. The molecule has 4 heterocycles. The first kappa shape index (κ1) is 48.7. The lowest BCUT2D eigenvalue weighted by molar-refractivity contribution is -0.0719. The number of sulfonamides is 1. The Morgan fingerprint density at radius 3 is 1.38 bits per heavy atom. The van der Waals surface area contributed by atoms with Gasteiger partial charge in [0.2, 0.25) is 10.0 Å². The van der Waals surface area contributed by atoms with Crippen LogP contribution < -0.4 is 0 Å². The largest absolute Gasteiger partial charge is 0.438 e. The Bertz CT molecular complexity index is 2350. The number of nitrogens with zero attached hydrogens (tertiary/aromatic N) is 3. The zero-order chi connectivity index (χ0) is 45.3. The van der Waals surface area contributed by atoms with Crippen LogP contribution in [0.15, 0.2) is 118 Å². The van der Waals surface area contributed by atoms with Crippen molar-refractivity contribution in [3.05, 3.63) is 140 Å². The van der Waals surface area contributed by atoms with Gasteiger partial charge in [0.05, 0.1) is 29.3 Å². The highest BCUT2D eigenvalue weighted by Gasteiger charge is 2.45. The minimum Gasteiger partial charge on any atom is -0.438 e. The zero-order valence-corrected chi connectivity index (χ0v) is 40.6. The lowest BCUT2D eigenvalue weighted by atomic mass is 9.85. The normalized spacial score (nSPS) is 23.9. The van der Waals surface area contributed by atoms with Gasteiger partial charge in [0.25, 0.3) is 0 Å². The van der Waals surface area contributed by atoms with Gasteiger partial charge in [0.15, 0.2) is 0 Å². The SMILES string of the molecule is C[C@@H](c1ccc(Br)cc1)N1CC[C@](CCN2CCCS2(=O)=O)(c2ccccc2)OC1=O.C[C@@H](c1ccc(Br)cc1)N1CC[C@](CCO)(c2ccccc2)OC1=O.O=S1(=O)CCCC1. The molecule has 4 saturated heterocycles. The van der Waals surface area contributed by atoms with Gasteiger partial charge in [0, 0.05) is 67.4 Å². The first-order valence-corrected chi connectivity index (χ1v) is 26.5. The second kappa shape index (κ2) is 21.5. The molecule has 4 aromatic carbocycles. The predicted octanol–water partition coefficient (Wildman–Crippen LogP) is 9.50. The minimum atomic E-state index is -3.20. The number of halogens is 2. The smallest absolute Gasteiger partial charge is 0.411 e. The number of carbonyl (C=O) groups is 2. The standard InChI is InChI=1S/C23H27BrN2O4S.C20H22BrNO3.C4H8O2S/c1-18(19-8-10-21(24)11-9-19)26-16-13-23(30-22(26)27,20-6-3-2-4-7-20)12-15-25-14-5-17-31(25,28)29;1-15(16-7-9-18(21)10-8-16)22-13-11-20(12-14-23,25-19(22)24)17-5-3-2-4-6-17;5-7(6)3-1-2-4-7/h2-4,6-11,18H,5,12-17H2,1H3;2-10,15,23H,11-14H2,1H3;1-4H2/t18-,23+;15-,20-;/m00./s1. The molecule has 16 heteroatoms. The molecular formula is C47H57Br2N3O9S2. The second-order valence-electron chi connectivity index (χ2n) is 16.4. The highest BCUT2D eigenvalue weighted by atomic mass is 79.9. The van der Waals surface area contributed by atoms with E-state index >= 15 is 0 Å². The van der Waals surface area contributed by atoms with Gasteiger partial charge in [-0.15, -0.1) is 0 Å². The van der Waals surface area contributed by atoms with Crippen LogP contribution in [0.2, 0.25) is 0 Å². The van der Waals surface area contributed by atoms with Crippen LogP contribution in [0.25, 0.3) is 0 Å². The quantitative estimate of drug-likeness (QED) is 0.155. The van der Waals surface area contributed by atoms with Gasteiger partial charge >= 0.3 is 12.2 Å². The fourth-order valence-corrected chi connectivity index (χ4v) is 12.1. The summed E-state index contributed by atoms with van der Waals surface area (Å²) in [5.74, 6) is 1.05. The summed E-state index contributed by atoms with van der Waals surface area (Å²) in [7, 11) is -5.74. The van der Waals surface area contributed by atoms with Crippen molar-refractivity contribution in [2.24, 2.45) is 0 Å². The molecular weight excluding hydrogens is 974 g/mol. The molecule has 0 radical (unpaired) electrons. The zero-order valence-electron chi connectivity index (χ0n) is 35.8. The Kier molecular flexibility index (Phi) is 16.6. The van der Waals surface area contributed by atoms with E-state index < -0.39 is 31.1 Å². The number of hydrogen-bond donors (Lipinski definition) is 1. The number of sulfone groups is 1.